The molecule has 2 aromatic heterocycles. The molecule has 0 saturated heterocycles. The van der Waals surface area contributed by atoms with Crippen LogP contribution in [0.25, 0.3) is 16.6 Å². The number of aromatic amines is 1. The highest BCUT2D eigenvalue weighted by Crippen LogP contribution is 2.28. The van der Waals surface area contributed by atoms with E-state index < -0.39 is 0 Å². The number of hydrogen-bond acceptors (Lipinski definition) is 4. The molecule has 1 aliphatic rings. The van der Waals surface area contributed by atoms with E-state index in [0.29, 0.717) is 4.48 Å². The molecule has 3 rings (SSSR count). The lowest BCUT2D eigenvalue weighted by atomic mass is 10.0. The quantitative estimate of drug-likeness (QED) is 0.827. The summed E-state index contributed by atoms with van der Waals surface area (Å²) in [5.41, 5.74) is 8.48. The number of rotatable bonds is 2. The van der Waals surface area contributed by atoms with E-state index >= 15 is 0 Å². The molecule has 0 aliphatic carbocycles. The highest BCUT2D eigenvalue weighted by Gasteiger charge is 2.25. The molecule has 3 N–H and O–H groups in total. The number of aliphatic imine (C=N–C) groups is 1. The Labute approximate surface area is 122 Å². The topological polar surface area (TPSA) is 80.0 Å². The van der Waals surface area contributed by atoms with Crippen molar-refractivity contribution in [2.75, 3.05) is 19.8 Å². The predicted molar refractivity (Wildman–Crippen MR) is 85.2 cm³/mol. The molecule has 0 fully saturated rings. The van der Waals surface area contributed by atoms with Gasteiger partial charge in [0.15, 0.2) is 0 Å². The van der Waals surface area contributed by atoms with Gasteiger partial charge in [0, 0.05) is 41.2 Å². The second-order valence-electron chi connectivity index (χ2n) is 5.32. The van der Waals surface area contributed by atoms with E-state index in [1.54, 1.807) is 12.4 Å². The zero-order valence-corrected chi connectivity index (χ0v) is 12.0. The van der Waals surface area contributed by atoms with E-state index in [2.05, 4.69) is 46.8 Å². The Morgan fingerprint density at radius 1 is 1.38 bits per heavy atom. The van der Waals surface area contributed by atoms with Gasteiger partial charge in [0.1, 0.15) is 11.8 Å². The van der Waals surface area contributed by atoms with Crippen LogP contribution in [-0.4, -0.2) is 39.4 Å². The van der Waals surface area contributed by atoms with Gasteiger partial charge in [-0.2, -0.15) is 4.98 Å². The zero-order valence-electron chi connectivity index (χ0n) is 12.0. The summed E-state index contributed by atoms with van der Waals surface area (Å²) in [7, 11) is 4.13. The molecule has 0 bridgehead atoms. The first-order valence-corrected chi connectivity index (χ1v) is 6.55. The van der Waals surface area contributed by atoms with E-state index in [-0.39, 0.29) is 5.95 Å². The van der Waals surface area contributed by atoms with Crippen molar-refractivity contribution in [3.05, 3.63) is 49.1 Å². The molecule has 1 aliphatic heterocycles. The van der Waals surface area contributed by atoms with Gasteiger partial charge in [0.2, 0.25) is 11.8 Å². The number of allylic oxidation sites excluding steroid dienone is 2. The average Bonchev–Trinajstić information content (AvgIpc) is 2.83. The maximum atomic E-state index is 5.61. The number of anilines is 1. The molecule has 2 aromatic rings. The van der Waals surface area contributed by atoms with Gasteiger partial charge >= 0.3 is 0 Å². The van der Waals surface area contributed by atoms with Gasteiger partial charge in [0.05, 0.1) is 14.1 Å². The van der Waals surface area contributed by atoms with Crippen molar-refractivity contribution in [3.63, 3.8) is 0 Å². The molecule has 0 saturated carbocycles. The van der Waals surface area contributed by atoms with Gasteiger partial charge < -0.3 is 10.7 Å². The number of aromatic nitrogens is 3. The summed E-state index contributed by atoms with van der Waals surface area (Å²) >= 11 is 0. The number of quaternary nitrogens is 1. The Morgan fingerprint density at radius 2 is 2.19 bits per heavy atom. The first-order chi connectivity index (χ1) is 10.0. The molecule has 0 spiro atoms. The number of amidine groups is 1. The SMILES string of the molecule is C=CN=C1C=CC(c2c[nH]c3nc(N)ncc23)=C[N+]1(C)C. The summed E-state index contributed by atoms with van der Waals surface area (Å²) in [5, 5.41) is 0.948. The zero-order chi connectivity index (χ0) is 15.0. The standard InChI is InChI=1S/C15H17N6/c1-4-17-13-6-5-10(9-21(13,2)3)11-7-18-14-12(11)8-19-15(16)20-14/h4-9H,1H2,2-3H3,(H3,16,18,19,20)/q+1. The highest BCUT2D eigenvalue weighted by atomic mass is 15.3. The fourth-order valence-corrected chi connectivity index (χ4v) is 2.42. The highest BCUT2D eigenvalue weighted by molar-refractivity contribution is 5.99. The Hall–Kier alpha value is -2.73. The maximum Gasteiger partial charge on any atom is 0.231 e. The Bertz CT molecular complexity index is 807. The lowest BCUT2D eigenvalue weighted by Gasteiger charge is -2.27. The monoisotopic (exact) mass is 281 g/mol. The molecule has 0 unspecified atom stereocenters. The minimum Gasteiger partial charge on any atom is -0.368 e. The first kappa shape index (κ1) is 13.3. The van der Waals surface area contributed by atoms with Crippen LogP contribution in [-0.2, 0) is 0 Å². The minimum absolute atomic E-state index is 0.264. The van der Waals surface area contributed by atoms with Crippen LogP contribution in [0.4, 0.5) is 5.95 Å². The molecule has 3 heterocycles. The number of nitrogens with two attached hydrogens (primary N) is 1. The molecule has 0 atom stereocenters. The third kappa shape index (κ3) is 2.25. The average molecular weight is 281 g/mol. The second kappa shape index (κ2) is 4.68. The number of nitrogen functional groups attached to an aromatic ring is 1. The summed E-state index contributed by atoms with van der Waals surface area (Å²) in [5.74, 6) is 1.19. The van der Waals surface area contributed by atoms with Crippen LogP contribution in [0.2, 0.25) is 0 Å². The van der Waals surface area contributed by atoms with Crippen LogP contribution in [0.15, 0.2) is 48.5 Å². The molecule has 0 amide bonds. The van der Waals surface area contributed by atoms with Crippen molar-refractivity contribution >= 4 is 28.4 Å². The number of H-pyrrole nitrogens is 1. The largest absolute Gasteiger partial charge is 0.368 e. The van der Waals surface area contributed by atoms with E-state index in [0.717, 1.165) is 28.0 Å². The molecular weight excluding hydrogens is 264 g/mol. The van der Waals surface area contributed by atoms with Crippen LogP contribution < -0.4 is 5.73 Å². The normalized spacial score (nSPS) is 19.0. The van der Waals surface area contributed by atoms with Gasteiger partial charge in [-0.25, -0.2) is 9.98 Å². The Morgan fingerprint density at radius 3 is 2.90 bits per heavy atom. The van der Waals surface area contributed by atoms with Crippen LogP contribution in [0.3, 0.4) is 0 Å². The fraction of sp³-hybridized carbons (Fsp3) is 0.133. The summed E-state index contributed by atoms with van der Waals surface area (Å²) in [4.78, 5) is 15.7. The molecule has 0 radical (unpaired) electrons. The van der Waals surface area contributed by atoms with E-state index in [9.17, 15) is 0 Å². The number of nitrogens with zero attached hydrogens (tertiary/aromatic N) is 4. The number of nitrogens with one attached hydrogen (secondary N) is 1. The Balaban J connectivity index is 2.10. The second-order valence-corrected chi connectivity index (χ2v) is 5.32. The van der Waals surface area contributed by atoms with Crippen molar-refractivity contribution in [1.82, 2.24) is 15.0 Å². The summed E-state index contributed by atoms with van der Waals surface area (Å²) in [6.07, 6.45) is 11.4. The van der Waals surface area contributed by atoms with Gasteiger partial charge in [-0.1, -0.05) is 6.58 Å². The van der Waals surface area contributed by atoms with Crippen LogP contribution >= 0.6 is 0 Å². The minimum atomic E-state index is 0.264. The summed E-state index contributed by atoms with van der Waals surface area (Å²) in [6.45, 7) is 3.65. The number of hydrogen-bond donors (Lipinski definition) is 2. The summed E-state index contributed by atoms with van der Waals surface area (Å²) < 4.78 is 0.542. The van der Waals surface area contributed by atoms with Crippen molar-refractivity contribution in [2.24, 2.45) is 4.99 Å². The Kier molecular flexibility index (Phi) is 2.95. The van der Waals surface area contributed by atoms with E-state index in [1.807, 2.05) is 18.3 Å². The van der Waals surface area contributed by atoms with Gasteiger partial charge in [-0.3, -0.25) is 4.48 Å². The van der Waals surface area contributed by atoms with Gasteiger partial charge in [0.25, 0.3) is 0 Å². The molecule has 106 valence electrons. The van der Waals surface area contributed by atoms with Crippen LogP contribution in [0.5, 0.6) is 0 Å². The molecule has 21 heavy (non-hydrogen) atoms. The molecule has 6 nitrogen and oxygen atoms in total. The van der Waals surface area contributed by atoms with E-state index in [1.165, 1.54) is 0 Å². The fourth-order valence-electron chi connectivity index (χ4n) is 2.42. The molecular formula is C15H17N6+. The van der Waals surface area contributed by atoms with Crippen molar-refractivity contribution in [3.8, 4) is 0 Å². The third-order valence-electron chi connectivity index (χ3n) is 3.45. The van der Waals surface area contributed by atoms with Crippen molar-refractivity contribution in [1.29, 1.82) is 0 Å². The molecule has 0 aromatic carbocycles. The van der Waals surface area contributed by atoms with E-state index in [4.69, 9.17) is 5.73 Å². The number of fused-ring (bicyclic) bond motifs is 1. The maximum absolute atomic E-state index is 5.61. The van der Waals surface area contributed by atoms with Crippen LogP contribution in [0, 0.1) is 0 Å². The van der Waals surface area contributed by atoms with Gasteiger partial charge in [-0.15, -0.1) is 0 Å². The third-order valence-corrected chi connectivity index (χ3v) is 3.45. The van der Waals surface area contributed by atoms with Crippen LogP contribution in [0.1, 0.15) is 5.56 Å². The number of likely N-dealkylation sites (N-methyl/N-ethyl adjacent to an activating group) is 1. The lowest BCUT2D eigenvalue weighted by Crippen LogP contribution is -2.40. The smallest absolute Gasteiger partial charge is 0.231 e. The van der Waals surface area contributed by atoms with Crippen molar-refractivity contribution < 1.29 is 4.48 Å². The molecule has 6 heteroatoms. The van der Waals surface area contributed by atoms with Crippen molar-refractivity contribution in [2.45, 2.75) is 0 Å². The predicted octanol–water partition coefficient (Wildman–Crippen LogP) is 2.07. The summed E-state index contributed by atoms with van der Waals surface area (Å²) in [6, 6.07) is 0. The first-order valence-electron chi connectivity index (χ1n) is 6.55. The van der Waals surface area contributed by atoms with Gasteiger partial charge in [-0.05, 0) is 6.08 Å². The lowest BCUT2D eigenvalue weighted by molar-refractivity contribution is -0.741.